The van der Waals surface area contributed by atoms with Crippen LogP contribution < -0.4 is 9.47 Å². The molecule has 0 aliphatic carbocycles. The summed E-state index contributed by atoms with van der Waals surface area (Å²) in [5.74, 6) is 1.04. The van der Waals surface area contributed by atoms with E-state index in [1.54, 1.807) is 12.1 Å². The van der Waals surface area contributed by atoms with E-state index in [9.17, 15) is 4.79 Å². The second-order valence-corrected chi connectivity index (χ2v) is 5.47. The van der Waals surface area contributed by atoms with Crippen molar-refractivity contribution in [3.05, 3.63) is 59.7 Å². The van der Waals surface area contributed by atoms with E-state index in [4.69, 9.17) is 14.2 Å². The Bertz CT molecular complexity index is 633. The minimum absolute atomic E-state index is 0.285. The number of ether oxygens (including phenoxy) is 3. The van der Waals surface area contributed by atoms with Gasteiger partial charge in [-0.2, -0.15) is 0 Å². The Morgan fingerprint density at radius 3 is 2.61 bits per heavy atom. The van der Waals surface area contributed by atoms with Crippen molar-refractivity contribution in [1.82, 2.24) is 0 Å². The van der Waals surface area contributed by atoms with Gasteiger partial charge in [-0.3, -0.25) is 4.79 Å². The van der Waals surface area contributed by atoms with E-state index in [2.05, 4.69) is 0 Å². The molecule has 2 aromatic carbocycles. The SMILES string of the molecule is O=Cc1c(OCc2ccccc2)cccc1OC1CCCCO1. The molecule has 0 bridgehead atoms. The van der Waals surface area contributed by atoms with Gasteiger partial charge in [-0.15, -0.1) is 0 Å². The first-order valence-electron chi connectivity index (χ1n) is 7.90. The van der Waals surface area contributed by atoms with Crippen LogP contribution in [0.1, 0.15) is 35.2 Å². The summed E-state index contributed by atoms with van der Waals surface area (Å²) in [4.78, 5) is 11.5. The molecule has 3 rings (SSSR count). The molecule has 1 atom stereocenters. The summed E-state index contributed by atoms with van der Waals surface area (Å²) in [7, 11) is 0. The van der Waals surface area contributed by atoms with E-state index in [0.29, 0.717) is 30.3 Å². The third-order valence-electron chi connectivity index (χ3n) is 3.78. The maximum absolute atomic E-state index is 11.5. The van der Waals surface area contributed by atoms with Crippen molar-refractivity contribution in [1.29, 1.82) is 0 Å². The fourth-order valence-corrected chi connectivity index (χ4v) is 2.55. The number of benzene rings is 2. The van der Waals surface area contributed by atoms with Crippen LogP contribution in [0.3, 0.4) is 0 Å². The first-order chi connectivity index (χ1) is 11.4. The summed E-state index contributed by atoms with van der Waals surface area (Å²) in [5.41, 5.74) is 1.48. The Hall–Kier alpha value is -2.33. The third kappa shape index (κ3) is 4.11. The zero-order valence-electron chi connectivity index (χ0n) is 12.9. The van der Waals surface area contributed by atoms with Crippen LogP contribution >= 0.6 is 0 Å². The molecule has 1 aliphatic rings. The summed E-state index contributed by atoms with van der Waals surface area (Å²) in [6, 6.07) is 15.2. The smallest absolute Gasteiger partial charge is 0.199 e. The normalized spacial score (nSPS) is 17.5. The maximum Gasteiger partial charge on any atom is 0.199 e. The highest BCUT2D eigenvalue weighted by molar-refractivity contribution is 5.83. The second kappa shape index (κ2) is 7.79. The van der Waals surface area contributed by atoms with Gasteiger partial charge in [0.25, 0.3) is 0 Å². The molecular formula is C19H20O4. The molecule has 1 aliphatic heterocycles. The van der Waals surface area contributed by atoms with E-state index in [1.807, 2.05) is 36.4 Å². The zero-order chi connectivity index (χ0) is 15.9. The lowest BCUT2D eigenvalue weighted by Gasteiger charge is -2.24. The second-order valence-electron chi connectivity index (χ2n) is 5.47. The zero-order valence-corrected chi connectivity index (χ0v) is 12.9. The molecule has 120 valence electrons. The van der Waals surface area contributed by atoms with Gasteiger partial charge in [0.1, 0.15) is 18.1 Å². The van der Waals surface area contributed by atoms with Crippen LogP contribution in [0.5, 0.6) is 11.5 Å². The van der Waals surface area contributed by atoms with Crippen LogP contribution in [0.25, 0.3) is 0 Å². The lowest BCUT2D eigenvalue weighted by Crippen LogP contribution is -2.25. The van der Waals surface area contributed by atoms with Crippen molar-refractivity contribution in [3.63, 3.8) is 0 Å². The molecule has 0 radical (unpaired) electrons. The molecule has 1 heterocycles. The van der Waals surface area contributed by atoms with Crippen LogP contribution in [0.2, 0.25) is 0 Å². The van der Waals surface area contributed by atoms with E-state index < -0.39 is 0 Å². The number of carbonyl (C=O) groups is 1. The Balaban J connectivity index is 1.72. The van der Waals surface area contributed by atoms with Crippen molar-refractivity contribution in [2.45, 2.75) is 32.2 Å². The fourth-order valence-electron chi connectivity index (χ4n) is 2.55. The summed E-state index contributed by atoms with van der Waals surface area (Å²) < 4.78 is 17.2. The lowest BCUT2D eigenvalue weighted by atomic mass is 10.1. The molecule has 23 heavy (non-hydrogen) atoms. The summed E-state index contributed by atoms with van der Waals surface area (Å²) in [5, 5.41) is 0. The van der Waals surface area contributed by atoms with E-state index in [-0.39, 0.29) is 6.29 Å². The van der Waals surface area contributed by atoms with Gasteiger partial charge in [-0.05, 0) is 30.5 Å². The number of rotatable bonds is 6. The van der Waals surface area contributed by atoms with Crippen LogP contribution in [0, 0.1) is 0 Å². The van der Waals surface area contributed by atoms with Gasteiger partial charge >= 0.3 is 0 Å². The number of aldehydes is 1. The van der Waals surface area contributed by atoms with E-state index in [1.165, 1.54) is 0 Å². The van der Waals surface area contributed by atoms with E-state index >= 15 is 0 Å². The lowest BCUT2D eigenvalue weighted by molar-refractivity contribution is -0.106. The van der Waals surface area contributed by atoms with E-state index in [0.717, 1.165) is 31.1 Å². The van der Waals surface area contributed by atoms with Crippen molar-refractivity contribution in [3.8, 4) is 11.5 Å². The quantitative estimate of drug-likeness (QED) is 0.757. The number of carbonyl (C=O) groups excluding carboxylic acids is 1. The van der Waals surface area contributed by atoms with Gasteiger partial charge in [-0.25, -0.2) is 0 Å². The molecule has 4 heteroatoms. The Kier molecular flexibility index (Phi) is 5.27. The van der Waals surface area contributed by atoms with Gasteiger partial charge < -0.3 is 14.2 Å². The highest BCUT2D eigenvalue weighted by atomic mass is 16.7. The monoisotopic (exact) mass is 312 g/mol. The van der Waals surface area contributed by atoms with Crippen molar-refractivity contribution in [2.75, 3.05) is 6.61 Å². The maximum atomic E-state index is 11.5. The largest absolute Gasteiger partial charge is 0.488 e. The molecule has 1 unspecified atom stereocenters. The van der Waals surface area contributed by atoms with Gasteiger partial charge in [-0.1, -0.05) is 36.4 Å². The van der Waals surface area contributed by atoms with Gasteiger partial charge in [0, 0.05) is 6.42 Å². The van der Waals surface area contributed by atoms with Crippen LogP contribution in [0.4, 0.5) is 0 Å². The molecule has 0 aromatic heterocycles. The fraction of sp³-hybridized carbons (Fsp3) is 0.316. The van der Waals surface area contributed by atoms with Crippen LogP contribution in [0.15, 0.2) is 48.5 Å². The molecule has 1 saturated heterocycles. The molecular weight excluding hydrogens is 292 g/mol. The van der Waals surface area contributed by atoms with Crippen LogP contribution in [-0.4, -0.2) is 19.2 Å². The molecule has 1 fully saturated rings. The number of hydrogen-bond donors (Lipinski definition) is 0. The molecule has 0 amide bonds. The first-order valence-corrected chi connectivity index (χ1v) is 7.90. The predicted molar refractivity (Wildman–Crippen MR) is 86.8 cm³/mol. The first kappa shape index (κ1) is 15.6. The Labute approximate surface area is 136 Å². The minimum Gasteiger partial charge on any atom is -0.488 e. The molecule has 2 aromatic rings. The van der Waals surface area contributed by atoms with Gasteiger partial charge in [0.2, 0.25) is 0 Å². The Morgan fingerprint density at radius 2 is 1.87 bits per heavy atom. The summed E-state index contributed by atoms with van der Waals surface area (Å²) >= 11 is 0. The molecule has 0 spiro atoms. The average molecular weight is 312 g/mol. The summed E-state index contributed by atoms with van der Waals surface area (Å²) in [6.07, 6.45) is 3.46. The highest BCUT2D eigenvalue weighted by Gasteiger charge is 2.18. The number of hydrogen-bond acceptors (Lipinski definition) is 4. The topological polar surface area (TPSA) is 44.8 Å². The molecule has 0 saturated carbocycles. The van der Waals surface area contributed by atoms with Crippen LogP contribution in [-0.2, 0) is 11.3 Å². The summed E-state index contributed by atoms with van der Waals surface area (Å²) in [6.45, 7) is 1.11. The standard InChI is InChI=1S/C19H20O4/c20-13-16-17(22-14-15-7-2-1-3-8-15)9-6-10-18(16)23-19-11-4-5-12-21-19/h1-3,6-10,13,19H,4-5,11-12,14H2. The third-order valence-corrected chi connectivity index (χ3v) is 3.78. The highest BCUT2D eigenvalue weighted by Crippen LogP contribution is 2.29. The molecule has 4 nitrogen and oxygen atoms in total. The minimum atomic E-state index is -0.285. The predicted octanol–water partition coefficient (Wildman–Crippen LogP) is 3.98. The molecule has 0 N–H and O–H groups in total. The van der Waals surface area contributed by atoms with Gasteiger partial charge in [0.05, 0.1) is 12.2 Å². The van der Waals surface area contributed by atoms with Crippen molar-refractivity contribution >= 4 is 6.29 Å². The van der Waals surface area contributed by atoms with Crippen molar-refractivity contribution in [2.24, 2.45) is 0 Å². The van der Waals surface area contributed by atoms with Gasteiger partial charge in [0.15, 0.2) is 12.6 Å². The average Bonchev–Trinajstić information content (AvgIpc) is 2.62. The van der Waals surface area contributed by atoms with Crippen molar-refractivity contribution < 1.29 is 19.0 Å². The Morgan fingerprint density at radius 1 is 1.04 bits per heavy atom.